The van der Waals surface area contributed by atoms with Crippen LogP contribution in [-0.4, -0.2) is 67.4 Å². The van der Waals surface area contributed by atoms with Crippen LogP contribution in [0.5, 0.6) is 0 Å². The first-order valence-electron chi connectivity index (χ1n) is 11.3. The molecular formula is C22H34N6O4. The minimum atomic E-state index is -0.381. The van der Waals surface area contributed by atoms with Crippen molar-refractivity contribution in [3.8, 4) is 0 Å². The van der Waals surface area contributed by atoms with Gasteiger partial charge < -0.3 is 9.64 Å². The smallest absolute Gasteiger partial charge is 0.414 e. The molecule has 0 aliphatic carbocycles. The van der Waals surface area contributed by atoms with Gasteiger partial charge in [0.1, 0.15) is 0 Å². The molecule has 0 bridgehead atoms. The van der Waals surface area contributed by atoms with E-state index in [0.29, 0.717) is 6.54 Å². The number of benzene rings is 1. The molecule has 176 valence electrons. The highest BCUT2D eigenvalue weighted by atomic mass is 16.8. The minimum Gasteiger partial charge on any atom is -0.446 e. The van der Waals surface area contributed by atoms with E-state index in [0.717, 1.165) is 36.6 Å². The molecule has 4 rings (SSSR count). The average molecular weight is 447 g/mol. The van der Waals surface area contributed by atoms with Crippen molar-refractivity contribution in [2.24, 2.45) is 0 Å². The highest BCUT2D eigenvalue weighted by Crippen LogP contribution is 2.39. The Labute approximate surface area is 189 Å². The number of nitrogens with zero attached hydrogens (tertiary/aromatic N) is 3. The third-order valence-corrected chi connectivity index (χ3v) is 6.28. The molecule has 3 aliphatic rings. The van der Waals surface area contributed by atoms with Crippen LogP contribution in [0, 0.1) is 0 Å². The highest BCUT2D eigenvalue weighted by Gasteiger charge is 2.36. The molecule has 3 N–H and O–H groups in total. The van der Waals surface area contributed by atoms with Crippen molar-refractivity contribution in [3.63, 3.8) is 0 Å². The zero-order valence-corrected chi connectivity index (χ0v) is 19.4. The molecule has 1 aromatic carbocycles. The molecule has 0 aromatic heterocycles. The fraction of sp³-hybridized carbons (Fsp3) is 0.636. The van der Waals surface area contributed by atoms with Crippen molar-refractivity contribution in [3.05, 3.63) is 23.8 Å². The summed E-state index contributed by atoms with van der Waals surface area (Å²) in [7, 11) is 0. The van der Waals surface area contributed by atoms with Crippen LogP contribution in [0.4, 0.5) is 16.2 Å². The first-order chi connectivity index (χ1) is 15.2. The summed E-state index contributed by atoms with van der Waals surface area (Å²) in [5.74, 6) is 0.227. The molecule has 1 aromatic rings. The molecule has 3 heterocycles. The van der Waals surface area contributed by atoms with Gasteiger partial charge in [0.25, 0.3) is 0 Å². The molecule has 2 saturated heterocycles. The predicted octanol–water partition coefficient (Wildman–Crippen LogP) is 1.49. The average Bonchev–Trinajstić information content (AvgIpc) is 3.35. The Kier molecular flexibility index (Phi) is 6.68. The molecule has 0 spiro atoms. The summed E-state index contributed by atoms with van der Waals surface area (Å²) in [5.41, 5.74) is 12.0. The maximum atomic E-state index is 12.9. The second kappa shape index (κ2) is 9.32. The SMILES string of the molecule is CC(=O)N1c2ccc(C3CNN(CC4NONC4C)C3)cc2N(C(=O)OC(C)C)C[C@@H]1C. The van der Waals surface area contributed by atoms with Crippen LogP contribution >= 0.6 is 0 Å². The van der Waals surface area contributed by atoms with E-state index in [9.17, 15) is 9.59 Å². The third kappa shape index (κ3) is 4.60. The van der Waals surface area contributed by atoms with Crippen LogP contribution in [0.3, 0.4) is 0 Å². The van der Waals surface area contributed by atoms with E-state index in [1.807, 2.05) is 32.9 Å². The minimum absolute atomic E-state index is 0.0360. The molecule has 10 heteroatoms. The van der Waals surface area contributed by atoms with Gasteiger partial charge in [-0.15, -0.1) is 0 Å². The first kappa shape index (κ1) is 22.9. The number of hydroxylamine groups is 2. The van der Waals surface area contributed by atoms with Crippen molar-refractivity contribution >= 4 is 23.4 Å². The van der Waals surface area contributed by atoms with Crippen LogP contribution in [0.2, 0.25) is 0 Å². The Bertz CT molecular complexity index is 865. The van der Waals surface area contributed by atoms with Crippen molar-refractivity contribution < 1.29 is 19.3 Å². The zero-order valence-electron chi connectivity index (χ0n) is 19.4. The Balaban J connectivity index is 1.56. The van der Waals surface area contributed by atoms with Crippen molar-refractivity contribution in [2.75, 3.05) is 36.0 Å². The summed E-state index contributed by atoms with van der Waals surface area (Å²) in [5, 5.41) is 2.20. The van der Waals surface area contributed by atoms with Gasteiger partial charge in [-0.1, -0.05) is 6.07 Å². The summed E-state index contributed by atoms with van der Waals surface area (Å²) in [6.45, 7) is 12.1. The Morgan fingerprint density at radius 2 is 1.97 bits per heavy atom. The topological polar surface area (TPSA) is 98.4 Å². The molecule has 3 unspecified atom stereocenters. The van der Waals surface area contributed by atoms with E-state index in [2.05, 4.69) is 34.4 Å². The number of carbonyl (C=O) groups excluding carboxylic acids is 2. The van der Waals surface area contributed by atoms with Crippen molar-refractivity contribution in [1.82, 2.24) is 21.4 Å². The summed E-state index contributed by atoms with van der Waals surface area (Å²) in [6.07, 6.45) is -0.596. The number of amides is 2. The molecule has 2 fully saturated rings. The molecule has 0 radical (unpaired) electrons. The Morgan fingerprint density at radius 1 is 1.19 bits per heavy atom. The number of nitrogens with one attached hydrogen (secondary N) is 3. The van der Waals surface area contributed by atoms with Gasteiger partial charge in [-0.2, -0.15) is 11.0 Å². The Morgan fingerprint density at radius 3 is 2.62 bits per heavy atom. The quantitative estimate of drug-likeness (QED) is 0.640. The number of hydrazine groups is 1. The van der Waals surface area contributed by atoms with E-state index in [4.69, 9.17) is 9.68 Å². The molecule has 32 heavy (non-hydrogen) atoms. The number of fused-ring (bicyclic) bond motifs is 1. The van der Waals surface area contributed by atoms with Gasteiger partial charge in [-0.05, 0) is 45.4 Å². The summed E-state index contributed by atoms with van der Waals surface area (Å²) in [4.78, 5) is 33.8. The number of hydrogen-bond acceptors (Lipinski definition) is 8. The van der Waals surface area contributed by atoms with Gasteiger partial charge >= 0.3 is 6.09 Å². The van der Waals surface area contributed by atoms with Gasteiger partial charge in [-0.3, -0.25) is 15.1 Å². The second-order valence-electron chi connectivity index (χ2n) is 9.23. The fourth-order valence-electron chi connectivity index (χ4n) is 4.63. The maximum absolute atomic E-state index is 12.9. The standard InChI is InChI=1S/C22H34N6O4/c1-13(2)31-22(30)27-10-14(3)28(16(5)29)20-7-6-17(8-21(20)27)18-9-23-26(11-18)12-19-15(4)24-32-25-19/h6-8,13-15,18-19,23-25H,9-12H2,1-5H3/t14-,15?,18?,19?/m0/s1. The highest BCUT2D eigenvalue weighted by molar-refractivity contribution is 6.02. The van der Waals surface area contributed by atoms with Crippen LogP contribution in [0.1, 0.15) is 46.1 Å². The van der Waals surface area contributed by atoms with Crippen LogP contribution in [0.25, 0.3) is 0 Å². The van der Waals surface area contributed by atoms with Gasteiger partial charge in [0.15, 0.2) is 0 Å². The lowest BCUT2D eigenvalue weighted by molar-refractivity contribution is -0.117. The Hall–Kier alpha value is -2.24. The summed E-state index contributed by atoms with van der Waals surface area (Å²) in [6, 6.07) is 6.34. The predicted molar refractivity (Wildman–Crippen MR) is 121 cm³/mol. The zero-order chi connectivity index (χ0) is 23.0. The van der Waals surface area contributed by atoms with E-state index >= 15 is 0 Å². The summed E-state index contributed by atoms with van der Waals surface area (Å²) >= 11 is 0. The summed E-state index contributed by atoms with van der Waals surface area (Å²) < 4.78 is 5.50. The number of anilines is 2. The van der Waals surface area contributed by atoms with Crippen molar-refractivity contribution in [2.45, 2.75) is 64.8 Å². The van der Waals surface area contributed by atoms with Crippen molar-refractivity contribution in [1.29, 1.82) is 0 Å². The lowest BCUT2D eigenvalue weighted by Gasteiger charge is -2.40. The molecule has 4 atom stereocenters. The van der Waals surface area contributed by atoms with E-state index in [-0.39, 0.29) is 42.1 Å². The number of carbonyl (C=O) groups is 2. The van der Waals surface area contributed by atoms with Gasteiger partial charge in [0.2, 0.25) is 5.91 Å². The van der Waals surface area contributed by atoms with Crippen LogP contribution in [-0.2, 0) is 14.5 Å². The van der Waals surface area contributed by atoms with E-state index in [1.165, 1.54) is 0 Å². The molecule has 2 amide bonds. The second-order valence-corrected chi connectivity index (χ2v) is 9.23. The number of hydrogen-bond donors (Lipinski definition) is 3. The number of rotatable bonds is 4. The van der Waals surface area contributed by atoms with Gasteiger partial charge in [0.05, 0.1) is 35.6 Å². The fourth-order valence-corrected chi connectivity index (χ4v) is 4.63. The molecule has 0 saturated carbocycles. The van der Waals surface area contributed by atoms with E-state index in [1.54, 1.807) is 16.7 Å². The monoisotopic (exact) mass is 446 g/mol. The molecule has 10 nitrogen and oxygen atoms in total. The first-order valence-corrected chi connectivity index (χ1v) is 11.3. The number of ether oxygens (including phenoxy) is 1. The lowest BCUT2D eigenvalue weighted by atomic mass is 9.96. The van der Waals surface area contributed by atoms with E-state index < -0.39 is 0 Å². The maximum Gasteiger partial charge on any atom is 0.414 e. The molecular weight excluding hydrogens is 412 g/mol. The third-order valence-electron chi connectivity index (χ3n) is 6.28. The van der Waals surface area contributed by atoms with Gasteiger partial charge in [-0.25, -0.2) is 14.7 Å². The lowest BCUT2D eigenvalue weighted by Crippen LogP contribution is -2.51. The van der Waals surface area contributed by atoms with Crippen LogP contribution < -0.4 is 26.2 Å². The van der Waals surface area contributed by atoms with Gasteiger partial charge in [0, 0.05) is 39.0 Å². The molecule has 3 aliphatic heterocycles. The van der Waals surface area contributed by atoms with Crippen LogP contribution in [0.15, 0.2) is 18.2 Å². The normalized spacial score (nSPS) is 28.3. The largest absolute Gasteiger partial charge is 0.446 e.